The van der Waals surface area contributed by atoms with Crippen LogP contribution in [0, 0.1) is 6.92 Å². The molecule has 0 unspecified atom stereocenters. The van der Waals surface area contributed by atoms with Gasteiger partial charge in [-0.15, -0.1) is 0 Å². The van der Waals surface area contributed by atoms with Gasteiger partial charge in [-0.1, -0.05) is 29.8 Å². The molecule has 0 aliphatic carbocycles. The van der Waals surface area contributed by atoms with Crippen LogP contribution in [0.4, 0.5) is 11.4 Å². The number of anilines is 2. The SMILES string of the molecule is Cc1ccccc1N1CCN(CCNc2cnn(C)c(=O)c2Cl)CC1. The van der Waals surface area contributed by atoms with E-state index in [0.29, 0.717) is 5.69 Å². The highest BCUT2D eigenvalue weighted by molar-refractivity contribution is 6.32. The van der Waals surface area contributed by atoms with Gasteiger partial charge in [0.15, 0.2) is 0 Å². The molecule has 1 N–H and O–H groups in total. The summed E-state index contributed by atoms with van der Waals surface area (Å²) >= 11 is 6.07. The summed E-state index contributed by atoms with van der Waals surface area (Å²) in [5.74, 6) is 0. The second-order valence-electron chi connectivity index (χ2n) is 6.34. The number of hydrogen-bond acceptors (Lipinski definition) is 5. The van der Waals surface area contributed by atoms with Crippen LogP contribution in [0.2, 0.25) is 5.02 Å². The van der Waals surface area contributed by atoms with Crippen LogP contribution in [-0.4, -0.2) is 53.9 Å². The molecule has 2 heterocycles. The van der Waals surface area contributed by atoms with Crippen LogP contribution in [0.15, 0.2) is 35.3 Å². The van der Waals surface area contributed by atoms with Gasteiger partial charge in [-0.25, -0.2) is 4.68 Å². The number of halogens is 1. The summed E-state index contributed by atoms with van der Waals surface area (Å²) < 4.78 is 1.23. The fourth-order valence-electron chi connectivity index (χ4n) is 3.11. The molecule has 1 aliphatic rings. The lowest BCUT2D eigenvalue weighted by Gasteiger charge is -2.36. The van der Waals surface area contributed by atoms with Gasteiger partial charge in [0.2, 0.25) is 0 Å². The summed E-state index contributed by atoms with van der Waals surface area (Å²) in [6, 6.07) is 8.53. The van der Waals surface area contributed by atoms with E-state index in [1.807, 2.05) is 0 Å². The first-order valence-corrected chi connectivity index (χ1v) is 8.92. The lowest BCUT2D eigenvalue weighted by molar-refractivity contribution is 0.267. The number of nitrogens with one attached hydrogen (secondary N) is 1. The quantitative estimate of drug-likeness (QED) is 0.882. The van der Waals surface area contributed by atoms with Gasteiger partial charge in [0.05, 0.1) is 11.9 Å². The van der Waals surface area contributed by atoms with Crippen LogP contribution >= 0.6 is 11.6 Å². The molecule has 1 aromatic heterocycles. The monoisotopic (exact) mass is 361 g/mol. The molecule has 2 aromatic rings. The minimum absolute atomic E-state index is 0.196. The highest BCUT2D eigenvalue weighted by atomic mass is 35.5. The Morgan fingerprint density at radius 2 is 1.92 bits per heavy atom. The van der Waals surface area contributed by atoms with Gasteiger partial charge in [-0.05, 0) is 18.6 Å². The maximum Gasteiger partial charge on any atom is 0.287 e. The second-order valence-corrected chi connectivity index (χ2v) is 6.72. The summed E-state index contributed by atoms with van der Waals surface area (Å²) in [7, 11) is 1.59. The number of rotatable bonds is 5. The van der Waals surface area contributed by atoms with Crippen molar-refractivity contribution in [1.82, 2.24) is 14.7 Å². The van der Waals surface area contributed by atoms with Gasteiger partial charge in [0.1, 0.15) is 5.02 Å². The average Bonchev–Trinajstić information content (AvgIpc) is 2.63. The van der Waals surface area contributed by atoms with Crippen molar-refractivity contribution in [3.8, 4) is 0 Å². The molecule has 0 atom stereocenters. The van der Waals surface area contributed by atoms with Crippen LogP contribution in [0.25, 0.3) is 0 Å². The minimum Gasteiger partial charge on any atom is -0.381 e. The van der Waals surface area contributed by atoms with Gasteiger partial charge >= 0.3 is 0 Å². The average molecular weight is 362 g/mol. The van der Waals surface area contributed by atoms with Gasteiger partial charge < -0.3 is 10.2 Å². The minimum atomic E-state index is -0.279. The van der Waals surface area contributed by atoms with Crippen molar-refractivity contribution in [2.75, 3.05) is 49.5 Å². The van der Waals surface area contributed by atoms with Gasteiger partial charge in [0, 0.05) is 52.0 Å². The van der Waals surface area contributed by atoms with E-state index in [9.17, 15) is 4.79 Å². The Balaban J connectivity index is 1.48. The molecule has 3 rings (SSSR count). The highest BCUT2D eigenvalue weighted by Gasteiger charge is 2.18. The number of para-hydroxylation sites is 1. The summed E-state index contributed by atoms with van der Waals surface area (Å²) in [4.78, 5) is 16.6. The van der Waals surface area contributed by atoms with Crippen LogP contribution in [0.5, 0.6) is 0 Å². The first-order chi connectivity index (χ1) is 12.1. The zero-order valence-electron chi connectivity index (χ0n) is 14.7. The van der Waals surface area contributed by atoms with Crippen LogP contribution < -0.4 is 15.8 Å². The number of nitrogens with zero attached hydrogens (tertiary/aromatic N) is 4. The van der Waals surface area contributed by atoms with E-state index >= 15 is 0 Å². The summed E-state index contributed by atoms with van der Waals surface area (Å²) in [5, 5.41) is 7.41. The number of aryl methyl sites for hydroxylation is 2. The normalized spacial score (nSPS) is 15.4. The Bertz CT molecular complexity index is 783. The van der Waals surface area contributed by atoms with Gasteiger partial charge in [-0.2, -0.15) is 5.10 Å². The first-order valence-electron chi connectivity index (χ1n) is 8.55. The molecular formula is C18H24ClN5O. The van der Waals surface area contributed by atoms with Crippen molar-refractivity contribution in [2.45, 2.75) is 6.92 Å². The van der Waals surface area contributed by atoms with E-state index in [4.69, 9.17) is 11.6 Å². The number of benzene rings is 1. The molecule has 134 valence electrons. The Hall–Kier alpha value is -2.05. The third kappa shape index (κ3) is 4.14. The number of aromatic nitrogens is 2. The van der Waals surface area contributed by atoms with Crippen LogP contribution in [0.1, 0.15) is 5.56 Å². The predicted molar refractivity (Wildman–Crippen MR) is 103 cm³/mol. The van der Waals surface area contributed by atoms with E-state index in [1.165, 1.54) is 15.9 Å². The number of piperazine rings is 1. The molecule has 6 nitrogen and oxygen atoms in total. The lowest BCUT2D eigenvalue weighted by Crippen LogP contribution is -2.47. The second kappa shape index (κ2) is 7.89. The third-order valence-electron chi connectivity index (χ3n) is 4.65. The summed E-state index contributed by atoms with van der Waals surface area (Å²) in [5.41, 5.74) is 2.98. The molecule has 0 radical (unpaired) electrons. The van der Waals surface area contributed by atoms with Crippen molar-refractivity contribution in [3.05, 3.63) is 51.4 Å². The molecule has 1 saturated heterocycles. The maximum absolute atomic E-state index is 11.8. The Kier molecular flexibility index (Phi) is 5.60. The van der Waals surface area contributed by atoms with Crippen molar-refractivity contribution in [1.29, 1.82) is 0 Å². The summed E-state index contributed by atoms with van der Waals surface area (Å²) in [6.07, 6.45) is 1.60. The molecule has 1 fully saturated rings. The molecule has 0 bridgehead atoms. The predicted octanol–water partition coefficient (Wildman–Crippen LogP) is 1.98. The fourth-order valence-corrected chi connectivity index (χ4v) is 3.35. The molecule has 1 aliphatic heterocycles. The molecule has 25 heavy (non-hydrogen) atoms. The molecule has 1 aromatic carbocycles. The fraction of sp³-hybridized carbons (Fsp3) is 0.444. The Morgan fingerprint density at radius 3 is 2.64 bits per heavy atom. The van der Waals surface area contributed by atoms with E-state index < -0.39 is 0 Å². The zero-order chi connectivity index (χ0) is 17.8. The molecule has 0 spiro atoms. The lowest BCUT2D eigenvalue weighted by atomic mass is 10.1. The Morgan fingerprint density at radius 1 is 1.20 bits per heavy atom. The topological polar surface area (TPSA) is 53.4 Å². The third-order valence-corrected chi connectivity index (χ3v) is 5.02. The van der Waals surface area contributed by atoms with Crippen molar-refractivity contribution >= 4 is 23.0 Å². The largest absolute Gasteiger partial charge is 0.381 e. The molecule has 0 amide bonds. The summed E-state index contributed by atoms with van der Waals surface area (Å²) in [6.45, 7) is 7.91. The van der Waals surface area contributed by atoms with Crippen molar-refractivity contribution < 1.29 is 0 Å². The molecule has 0 saturated carbocycles. The first kappa shape index (κ1) is 17.8. The van der Waals surface area contributed by atoms with E-state index in [1.54, 1.807) is 13.2 Å². The molecular weight excluding hydrogens is 338 g/mol. The van der Waals surface area contributed by atoms with Crippen LogP contribution in [-0.2, 0) is 7.05 Å². The Labute approximate surface area is 153 Å². The standard InChI is InChI=1S/C18H24ClN5O/c1-14-5-3-4-6-16(14)24-11-9-23(10-12-24)8-7-20-15-13-21-22(2)18(25)17(15)19/h3-6,13,20H,7-12H2,1-2H3. The zero-order valence-corrected chi connectivity index (χ0v) is 15.5. The molecule has 7 heteroatoms. The van der Waals surface area contributed by atoms with E-state index in [0.717, 1.165) is 39.3 Å². The van der Waals surface area contributed by atoms with Crippen LogP contribution in [0.3, 0.4) is 0 Å². The van der Waals surface area contributed by atoms with E-state index in [2.05, 4.69) is 51.4 Å². The highest BCUT2D eigenvalue weighted by Crippen LogP contribution is 2.20. The number of hydrogen-bond donors (Lipinski definition) is 1. The smallest absolute Gasteiger partial charge is 0.287 e. The van der Waals surface area contributed by atoms with E-state index in [-0.39, 0.29) is 10.6 Å². The van der Waals surface area contributed by atoms with Crippen molar-refractivity contribution in [3.63, 3.8) is 0 Å². The van der Waals surface area contributed by atoms with Crippen molar-refractivity contribution in [2.24, 2.45) is 7.05 Å². The maximum atomic E-state index is 11.8. The van der Waals surface area contributed by atoms with Gasteiger partial charge in [0.25, 0.3) is 5.56 Å². The van der Waals surface area contributed by atoms with Gasteiger partial charge in [-0.3, -0.25) is 9.69 Å².